The van der Waals surface area contributed by atoms with Gasteiger partial charge in [-0.2, -0.15) is 0 Å². The summed E-state index contributed by atoms with van der Waals surface area (Å²) >= 11 is 0. The Balaban J connectivity index is 1.81. The van der Waals surface area contributed by atoms with Gasteiger partial charge in [-0.25, -0.2) is 0 Å². The van der Waals surface area contributed by atoms with Crippen molar-refractivity contribution in [2.45, 2.75) is 19.8 Å². The lowest BCUT2D eigenvalue weighted by molar-refractivity contribution is 0.189. The summed E-state index contributed by atoms with van der Waals surface area (Å²) in [6.45, 7) is 6.36. The number of aliphatic imine (C=N–C) groups is 1. The second kappa shape index (κ2) is 7.88. The summed E-state index contributed by atoms with van der Waals surface area (Å²) in [5.74, 6) is 2.00. The van der Waals surface area contributed by atoms with Gasteiger partial charge in [0.15, 0.2) is 5.96 Å². The summed E-state index contributed by atoms with van der Waals surface area (Å²) in [6.07, 6.45) is 2.64. The Kier molecular flexibility index (Phi) is 5.87. The highest BCUT2D eigenvalue weighted by molar-refractivity contribution is 5.93. The molecular weight excluding hydrogens is 264 g/mol. The number of methoxy groups -OCH3 is 1. The first-order valence-corrected chi connectivity index (χ1v) is 7.61. The van der Waals surface area contributed by atoms with Crippen molar-refractivity contribution < 1.29 is 4.74 Å². The summed E-state index contributed by atoms with van der Waals surface area (Å²) in [7, 11) is 1.64. The minimum absolute atomic E-state index is 0.435. The number of rotatable bonds is 5. The van der Waals surface area contributed by atoms with Gasteiger partial charge in [-0.05, 0) is 37.4 Å². The van der Waals surface area contributed by atoms with E-state index < -0.39 is 0 Å². The molecule has 0 aromatic heterocycles. The molecule has 1 aliphatic heterocycles. The standard InChI is InChI=1S/C16H26N4O/c1-13-6-5-10-20(12-13)11-9-18-16(17)19-14-7-3-4-8-15(14)21-2/h3-4,7-8,13H,5-6,9-12H2,1-2H3,(H3,17,18,19). The third-order valence-electron chi connectivity index (χ3n) is 3.81. The molecule has 0 saturated carbocycles. The number of anilines is 1. The Labute approximate surface area is 127 Å². The van der Waals surface area contributed by atoms with Crippen LogP contribution in [0.15, 0.2) is 29.3 Å². The van der Waals surface area contributed by atoms with E-state index in [1.165, 1.54) is 25.9 Å². The highest BCUT2D eigenvalue weighted by Gasteiger charge is 2.15. The molecule has 5 heteroatoms. The molecule has 1 unspecified atom stereocenters. The zero-order valence-corrected chi connectivity index (χ0v) is 13.0. The van der Waals surface area contributed by atoms with Gasteiger partial charge >= 0.3 is 0 Å². The maximum atomic E-state index is 5.94. The van der Waals surface area contributed by atoms with E-state index in [4.69, 9.17) is 10.5 Å². The summed E-state index contributed by atoms with van der Waals surface area (Å²) < 4.78 is 5.28. The lowest BCUT2D eigenvalue weighted by atomic mass is 10.0. The monoisotopic (exact) mass is 290 g/mol. The zero-order valence-electron chi connectivity index (χ0n) is 13.0. The van der Waals surface area contributed by atoms with Crippen molar-refractivity contribution in [3.63, 3.8) is 0 Å². The third-order valence-corrected chi connectivity index (χ3v) is 3.81. The summed E-state index contributed by atoms with van der Waals surface area (Å²) in [5, 5.41) is 3.09. The molecule has 1 heterocycles. The third kappa shape index (κ3) is 4.93. The fourth-order valence-corrected chi connectivity index (χ4v) is 2.73. The van der Waals surface area contributed by atoms with Crippen LogP contribution in [0.4, 0.5) is 5.69 Å². The molecule has 1 saturated heterocycles. The number of guanidine groups is 1. The van der Waals surface area contributed by atoms with E-state index in [-0.39, 0.29) is 0 Å². The van der Waals surface area contributed by atoms with E-state index in [1.807, 2.05) is 24.3 Å². The molecule has 1 aromatic carbocycles. The van der Waals surface area contributed by atoms with Crippen molar-refractivity contribution in [2.75, 3.05) is 38.6 Å². The molecule has 0 bridgehead atoms. The van der Waals surface area contributed by atoms with Crippen LogP contribution in [0.5, 0.6) is 5.75 Å². The molecule has 0 radical (unpaired) electrons. The highest BCUT2D eigenvalue weighted by Crippen LogP contribution is 2.22. The maximum absolute atomic E-state index is 5.94. The van der Waals surface area contributed by atoms with Crippen molar-refractivity contribution >= 4 is 11.6 Å². The minimum Gasteiger partial charge on any atom is -0.495 e. The molecule has 21 heavy (non-hydrogen) atoms. The number of nitrogens with zero attached hydrogens (tertiary/aromatic N) is 2. The largest absolute Gasteiger partial charge is 0.495 e. The Hall–Kier alpha value is -1.75. The number of hydrogen-bond donors (Lipinski definition) is 2. The van der Waals surface area contributed by atoms with E-state index in [0.29, 0.717) is 5.96 Å². The molecule has 116 valence electrons. The molecule has 2 rings (SSSR count). The number of nitrogens with one attached hydrogen (secondary N) is 1. The average Bonchev–Trinajstić information content (AvgIpc) is 2.48. The lowest BCUT2D eigenvalue weighted by Gasteiger charge is -2.30. The van der Waals surface area contributed by atoms with Crippen molar-refractivity contribution in [1.82, 2.24) is 4.90 Å². The molecular formula is C16H26N4O. The van der Waals surface area contributed by atoms with Crippen molar-refractivity contribution in [3.8, 4) is 5.75 Å². The molecule has 0 amide bonds. The van der Waals surface area contributed by atoms with Gasteiger partial charge in [0, 0.05) is 13.1 Å². The summed E-state index contributed by atoms with van der Waals surface area (Å²) in [5.41, 5.74) is 6.78. The molecule has 0 aliphatic carbocycles. The normalized spacial score (nSPS) is 20.3. The fraction of sp³-hybridized carbons (Fsp3) is 0.562. The predicted molar refractivity (Wildman–Crippen MR) is 87.9 cm³/mol. The van der Waals surface area contributed by atoms with Crippen LogP contribution < -0.4 is 15.8 Å². The first kappa shape index (κ1) is 15.6. The average molecular weight is 290 g/mol. The van der Waals surface area contributed by atoms with Crippen LogP contribution in [0.1, 0.15) is 19.8 Å². The van der Waals surface area contributed by atoms with Crippen LogP contribution in [-0.2, 0) is 0 Å². The zero-order chi connectivity index (χ0) is 15.1. The van der Waals surface area contributed by atoms with Gasteiger partial charge in [-0.1, -0.05) is 19.1 Å². The molecule has 1 fully saturated rings. The Morgan fingerprint density at radius 2 is 2.29 bits per heavy atom. The minimum atomic E-state index is 0.435. The van der Waals surface area contributed by atoms with E-state index in [0.717, 1.165) is 30.4 Å². The van der Waals surface area contributed by atoms with Gasteiger partial charge in [0.25, 0.3) is 0 Å². The summed E-state index contributed by atoms with van der Waals surface area (Å²) in [4.78, 5) is 6.87. The first-order valence-electron chi connectivity index (χ1n) is 7.61. The Morgan fingerprint density at radius 3 is 3.05 bits per heavy atom. The number of hydrogen-bond acceptors (Lipinski definition) is 3. The second-order valence-electron chi connectivity index (χ2n) is 5.64. The van der Waals surface area contributed by atoms with Crippen molar-refractivity contribution in [1.29, 1.82) is 0 Å². The van der Waals surface area contributed by atoms with E-state index in [9.17, 15) is 0 Å². The van der Waals surface area contributed by atoms with E-state index in [2.05, 4.69) is 22.1 Å². The van der Waals surface area contributed by atoms with Crippen LogP contribution in [-0.4, -0.2) is 44.1 Å². The Bertz CT molecular complexity index is 475. The predicted octanol–water partition coefficient (Wildman–Crippen LogP) is 2.15. The first-order chi connectivity index (χ1) is 10.2. The number of likely N-dealkylation sites (tertiary alicyclic amines) is 1. The van der Waals surface area contributed by atoms with Gasteiger partial charge < -0.3 is 20.7 Å². The van der Waals surface area contributed by atoms with Crippen LogP contribution in [0.3, 0.4) is 0 Å². The van der Waals surface area contributed by atoms with Crippen LogP contribution in [0.25, 0.3) is 0 Å². The molecule has 3 N–H and O–H groups in total. The molecule has 1 atom stereocenters. The van der Waals surface area contributed by atoms with Crippen molar-refractivity contribution in [2.24, 2.45) is 16.6 Å². The lowest BCUT2D eigenvalue weighted by Crippen LogP contribution is -2.36. The van der Waals surface area contributed by atoms with Gasteiger partial charge in [0.05, 0.1) is 19.3 Å². The van der Waals surface area contributed by atoms with Crippen LogP contribution in [0, 0.1) is 5.92 Å². The van der Waals surface area contributed by atoms with Gasteiger partial charge in [0.1, 0.15) is 5.75 Å². The van der Waals surface area contributed by atoms with E-state index >= 15 is 0 Å². The van der Waals surface area contributed by atoms with Gasteiger partial charge in [-0.15, -0.1) is 0 Å². The molecule has 0 spiro atoms. The molecule has 5 nitrogen and oxygen atoms in total. The number of nitrogens with two attached hydrogens (primary N) is 1. The molecule has 1 aliphatic rings. The van der Waals surface area contributed by atoms with Crippen LogP contribution >= 0.6 is 0 Å². The van der Waals surface area contributed by atoms with E-state index in [1.54, 1.807) is 7.11 Å². The number of ether oxygens (including phenoxy) is 1. The fourth-order valence-electron chi connectivity index (χ4n) is 2.73. The van der Waals surface area contributed by atoms with Crippen molar-refractivity contribution in [3.05, 3.63) is 24.3 Å². The number of piperidine rings is 1. The second-order valence-corrected chi connectivity index (χ2v) is 5.64. The SMILES string of the molecule is COc1ccccc1NC(N)=NCCN1CCCC(C)C1. The molecule has 1 aromatic rings. The maximum Gasteiger partial charge on any atom is 0.193 e. The number of benzene rings is 1. The number of para-hydroxylation sites is 2. The summed E-state index contributed by atoms with van der Waals surface area (Å²) in [6, 6.07) is 7.68. The topological polar surface area (TPSA) is 62.9 Å². The highest BCUT2D eigenvalue weighted by atomic mass is 16.5. The smallest absolute Gasteiger partial charge is 0.193 e. The Morgan fingerprint density at radius 1 is 1.48 bits per heavy atom. The van der Waals surface area contributed by atoms with Gasteiger partial charge in [0.2, 0.25) is 0 Å². The van der Waals surface area contributed by atoms with Gasteiger partial charge in [-0.3, -0.25) is 4.99 Å². The quantitative estimate of drug-likeness (QED) is 0.644. The van der Waals surface area contributed by atoms with Crippen LogP contribution in [0.2, 0.25) is 0 Å².